The van der Waals surface area contributed by atoms with Crippen molar-refractivity contribution in [2.75, 3.05) is 34.6 Å². The third kappa shape index (κ3) is 3.33. The summed E-state index contributed by atoms with van der Waals surface area (Å²) in [5, 5.41) is 13.8. The fourth-order valence-electron chi connectivity index (χ4n) is 4.67. The van der Waals surface area contributed by atoms with E-state index >= 15 is 0 Å². The van der Waals surface area contributed by atoms with Gasteiger partial charge in [0.15, 0.2) is 16.3 Å². The average molecular weight is 470 g/mol. The quantitative estimate of drug-likeness (QED) is 0.547. The fourth-order valence-corrected chi connectivity index (χ4v) is 4.95. The van der Waals surface area contributed by atoms with Crippen LogP contribution in [0, 0.1) is 4.77 Å². The number of benzene rings is 2. The van der Waals surface area contributed by atoms with E-state index in [0.717, 1.165) is 29.0 Å². The first-order valence-electron chi connectivity index (χ1n) is 10.5. The van der Waals surface area contributed by atoms with Gasteiger partial charge in [0.2, 0.25) is 12.5 Å². The molecule has 5 rings (SSSR count). The number of likely N-dealkylation sites (N-methyl/N-ethyl adjacent to an activating group) is 1. The Morgan fingerprint density at radius 1 is 1.18 bits per heavy atom. The topological polar surface area (TPSA) is 102 Å². The van der Waals surface area contributed by atoms with Gasteiger partial charge in [0.05, 0.1) is 38.9 Å². The van der Waals surface area contributed by atoms with Crippen LogP contribution in [-0.2, 0) is 6.42 Å². The molecule has 172 valence electrons. The maximum absolute atomic E-state index is 13.8. The normalized spacial score (nSPS) is 18.6. The third-order valence-electron chi connectivity index (χ3n) is 6.24. The second kappa shape index (κ2) is 8.13. The SMILES string of the molecule is COc1ccc(-n2c([O-])c([C@@H]3c4c(cc5c(c4OC)OCO5)CC[NH+]3C)c(=O)[nH]c2=S)cc1. The van der Waals surface area contributed by atoms with Crippen LogP contribution in [0.25, 0.3) is 5.69 Å². The van der Waals surface area contributed by atoms with Crippen molar-refractivity contribution in [2.45, 2.75) is 12.5 Å². The van der Waals surface area contributed by atoms with E-state index in [1.54, 1.807) is 38.5 Å². The lowest BCUT2D eigenvalue weighted by atomic mass is 9.87. The Labute approximate surface area is 194 Å². The van der Waals surface area contributed by atoms with E-state index in [2.05, 4.69) is 4.98 Å². The molecule has 1 unspecified atom stereocenters. The molecule has 0 bridgehead atoms. The molecule has 2 aliphatic rings. The molecule has 3 heterocycles. The van der Waals surface area contributed by atoms with Gasteiger partial charge in [0.1, 0.15) is 11.8 Å². The van der Waals surface area contributed by atoms with Crippen LogP contribution in [0.4, 0.5) is 0 Å². The molecule has 0 saturated carbocycles. The predicted octanol–water partition coefficient (Wildman–Crippen LogP) is 0.875. The van der Waals surface area contributed by atoms with Gasteiger partial charge >= 0.3 is 0 Å². The van der Waals surface area contributed by atoms with Gasteiger partial charge in [-0.3, -0.25) is 9.78 Å². The lowest BCUT2D eigenvalue weighted by Crippen LogP contribution is -3.10. The second-order valence-electron chi connectivity index (χ2n) is 8.01. The van der Waals surface area contributed by atoms with Gasteiger partial charge in [-0.25, -0.2) is 0 Å². The first kappa shape index (κ1) is 21.4. The highest BCUT2D eigenvalue weighted by molar-refractivity contribution is 7.71. The minimum Gasteiger partial charge on any atom is -0.859 e. The summed E-state index contributed by atoms with van der Waals surface area (Å²) >= 11 is 5.36. The number of hydrogen-bond donors (Lipinski definition) is 2. The first-order valence-corrected chi connectivity index (χ1v) is 10.9. The lowest BCUT2D eigenvalue weighted by Gasteiger charge is -2.35. The van der Waals surface area contributed by atoms with Crippen molar-refractivity contribution in [1.29, 1.82) is 0 Å². The van der Waals surface area contributed by atoms with Gasteiger partial charge in [0.25, 0.3) is 5.56 Å². The molecule has 9 nitrogen and oxygen atoms in total. The molecule has 10 heteroatoms. The van der Waals surface area contributed by atoms with E-state index < -0.39 is 17.5 Å². The maximum Gasteiger partial charge on any atom is 0.260 e. The zero-order chi connectivity index (χ0) is 23.3. The number of aromatic nitrogens is 2. The molecule has 0 spiro atoms. The number of quaternary nitrogens is 1. The van der Waals surface area contributed by atoms with Crippen LogP contribution >= 0.6 is 12.2 Å². The van der Waals surface area contributed by atoms with Crippen molar-refractivity contribution >= 4 is 12.2 Å². The molecule has 2 aromatic carbocycles. The highest BCUT2D eigenvalue weighted by Crippen LogP contribution is 2.48. The Bertz CT molecular complexity index is 1350. The number of rotatable bonds is 4. The monoisotopic (exact) mass is 469 g/mol. The van der Waals surface area contributed by atoms with Gasteiger partial charge in [-0.15, -0.1) is 0 Å². The van der Waals surface area contributed by atoms with Crippen molar-refractivity contribution in [3.05, 3.63) is 62.1 Å². The maximum atomic E-state index is 13.8. The number of H-pyrrole nitrogens is 1. The standard InChI is InChI=1S/C23H23N3O6S/c1-25-9-8-12-10-15-19(32-11-31-15)20(30-3)16(12)18(25)17-21(27)24-23(33)26(22(17)28)13-4-6-14(29-2)7-5-13/h4-7,10,18,28H,8-9,11H2,1-3H3,(H,24,27,33)/t18-/m0/s1. The predicted molar refractivity (Wildman–Crippen MR) is 120 cm³/mol. The molecule has 2 N–H and O–H groups in total. The van der Waals surface area contributed by atoms with Gasteiger partial charge in [-0.05, 0) is 54.0 Å². The summed E-state index contributed by atoms with van der Waals surface area (Å²) < 4.78 is 23.5. The van der Waals surface area contributed by atoms with Crippen LogP contribution in [0.15, 0.2) is 35.1 Å². The molecular weight excluding hydrogens is 446 g/mol. The Morgan fingerprint density at radius 3 is 2.64 bits per heavy atom. The second-order valence-corrected chi connectivity index (χ2v) is 8.39. The average Bonchev–Trinajstić information content (AvgIpc) is 3.27. The molecule has 0 saturated heterocycles. The van der Waals surface area contributed by atoms with Crippen LogP contribution < -0.4 is 34.5 Å². The van der Waals surface area contributed by atoms with Crippen LogP contribution in [0.3, 0.4) is 0 Å². The number of aromatic amines is 1. The fraction of sp³-hybridized carbons (Fsp3) is 0.304. The molecule has 1 aromatic heterocycles. The van der Waals surface area contributed by atoms with Gasteiger partial charge in [0, 0.05) is 12.1 Å². The van der Waals surface area contributed by atoms with Crippen LogP contribution in [0.2, 0.25) is 0 Å². The number of fused-ring (bicyclic) bond motifs is 2. The lowest BCUT2D eigenvalue weighted by molar-refractivity contribution is -0.908. The van der Waals surface area contributed by atoms with Gasteiger partial charge < -0.3 is 33.5 Å². The molecule has 0 radical (unpaired) electrons. The van der Waals surface area contributed by atoms with Crippen molar-refractivity contribution < 1.29 is 29.0 Å². The molecule has 0 fully saturated rings. The van der Waals surface area contributed by atoms with Crippen LogP contribution in [-0.4, -0.2) is 44.2 Å². The van der Waals surface area contributed by atoms with E-state index in [1.165, 1.54) is 4.57 Å². The molecule has 3 aromatic rings. The van der Waals surface area contributed by atoms with Crippen molar-refractivity contribution in [3.63, 3.8) is 0 Å². The summed E-state index contributed by atoms with van der Waals surface area (Å²) in [6, 6.07) is 8.26. The Balaban J connectivity index is 1.76. The van der Waals surface area contributed by atoms with Crippen LogP contribution in [0.1, 0.15) is 22.7 Å². The van der Waals surface area contributed by atoms with Crippen molar-refractivity contribution in [2.24, 2.45) is 0 Å². The van der Waals surface area contributed by atoms with E-state index in [9.17, 15) is 9.90 Å². The number of nitrogens with one attached hydrogen (secondary N) is 2. The van der Waals surface area contributed by atoms with E-state index in [4.69, 9.17) is 31.2 Å². The highest BCUT2D eigenvalue weighted by atomic mass is 32.1. The zero-order valence-electron chi connectivity index (χ0n) is 18.4. The summed E-state index contributed by atoms with van der Waals surface area (Å²) in [6.07, 6.45) is 0.744. The summed E-state index contributed by atoms with van der Waals surface area (Å²) in [4.78, 5) is 16.8. The summed E-state index contributed by atoms with van der Waals surface area (Å²) in [5.41, 5.74) is 1.84. The Hall–Kier alpha value is -3.50. The smallest absolute Gasteiger partial charge is 0.260 e. The summed E-state index contributed by atoms with van der Waals surface area (Å²) in [5.74, 6) is 1.76. The molecule has 0 aliphatic carbocycles. The number of hydrogen-bond acceptors (Lipinski definition) is 7. The summed E-state index contributed by atoms with van der Waals surface area (Å²) in [7, 11) is 5.07. The minimum absolute atomic E-state index is 0.0326. The third-order valence-corrected chi connectivity index (χ3v) is 6.52. The number of ether oxygens (including phenoxy) is 4. The molecule has 2 atom stereocenters. The van der Waals surface area contributed by atoms with E-state index in [-0.39, 0.29) is 17.1 Å². The Morgan fingerprint density at radius 2 is 1.94 bits per heavy atom. The summed E-state index contributed by atoms with van der Waals surface area (Å²) in [6.45, 7) is 0.814. The van der Waals surface area contributed by atoms with Gasteiger partial charge in [-0.2, -0.15) is 0 Å². The molecule has 2 aliphatic heterocycles. The molecule has 0 amide bonds. The molecule has 33 heavy (non-hydrogen) atoms. The van der Waals surface area contributed by atoms with E-state index in [0.29, 0.717) is 28.7 Å². The van der Waals surface area contributed by atoms with E-state index in [1.807, 2.05) is 13.1 Å². The number of methoxy groups -OCH3 is 2. The Kier molecular flexibility index (Phi) is 5.26. The van der Waals surface area contributed by atoms with Crippen molar-refractivity contribution in [3.8, 4) is 34.6 Å². The van der Waals surface area contributed by atoms with Crippen molar-refractivity contribution in [1.82, 2.24) is 9.55 Å². The highest BCUT2D eigenvalue weighted by Gasteiger charge is 2.39. The zero-order valence-corrected chi connectivity index (χ0v) is 19.2. The number of nitrogens with zero attached hydrogens (tertiary/aromatic N) is 1. The largest absolute Gasteiger partial charge is 0.859 e. The van der Waals surface area contributed by atoms with Gasteiger partial charge in [-0.1, -0.05) is 0 Å². The minimum atomic E-state index is -0.574. The molecular formula is C23H23N3O6S. The first-order chi connectivity index (χ1) is 15.9. The van der Waals surface area contributed by atoms with Crippen LogP contribution in [0.5, 0.6) is 28.9 Å².